The predicted molar refractivity (Wildman–Crippen MR) is 53.6 cm³/mol. The minimum absolute atomic E-state index is 0.0174. The number of phenolic OH excluding ortho intramolecular Hbond substituents is 1. The Morgan fingerprint density at radius 1 is 1.50 bits per heavy atom. The summed E-state index contributed by atoms with van der Waals surface area (Å²) < 4.78 is 4.80. The lowest BCUT2D eigenvalue weighted by Gasteiger charge is -2.20. The van der Waals surface area contributed by atoms with Crippen molar-refractivity contribution in [1.82, 2.24) is 0 Å². The fraction of sp³-hybridized carbons (Fsp3) is 0.200. The monoisotopic (exact) mass is 242 g/mol. The van der Waals surface area contributed by atoms with Gasteiger partial charge in [0.2, 0.25) is 0 Å². The Labute approximate surface area is 95.2 Å². The Morgan fingerprint density at radius 3 is 2.81 bits per heavy atom. The zero-order valence-electron chi connectivity index (χ0n) is 7.94. The van der Waals surface area contributed by atoms with Gasteiger partial charge in [0.25, 0.3) is 0 Å². The number of fused-ring (bicyclic) bond motifs is 1. The molecule has 1 heterocycles. The molecule has 0 amide bonds. The quantitative estimate of drug-likeness (QED) is 0.439. The number of hydrogen-bond acceptors (Lipinski definition) is 4. The minimum Gasteiger partial charge on any atom is -0.506 e. The van der Waals surface area contributed by atoms with Crippen molar-refractivity contribution in [2.45, 2.75) is 6.42 Å². The maximum Gasteiger partial charge on any atom is 0.326 e. The molecule has 1 unspecified atom stereocenters. The molecular formula is C10H7ClO5. The zero-order chi connectivity index (χ0) is 11.9. The van der Waals surface area contributed by atoms with Crippen LogP contribution in [0, 0.1) is 5.92 Å². The van der Waals surface area contributed by atoms with Gasteiger partial charge in [-0.1, -0.05) is 11.6 Å². The number of benzene rings is 1. The van der Waals surface area contributed by atoms with Gasteiger partial charge in [0.15, 0.2) is 5.92 Å². The summed E-state index contributed by atoms with van der Waals surface area (Å²) in [5.74, 6) is -3.33. The van der Waals surface area contributed by atoms with Gasteiger partial charge >= 0.3 is 11.9 Å². The minimum atomic E-state index is -1.24. The molecule has 0 radical (unpaired) electrons. The number of hydrogen-bond donors (Lipinski definition) is 2. The van der Waals surface area contributed by atoms with Gasteiger partial charge in [-0.15, -0.1) is 0 Å². The number of halogens is 1. The van der Waals surface area contributed by atoms with Gasteiger partial charge in [-0.3, -0.25) is 9.59 Å². The van der Waals surface area contributed by atoms with Gasteiger partial charge in [-0.2, -0.15) is 0 Å². The van der Waals surface area contributed by atoms with Crippen LogP contribution in [0.15, 0.2) is 12.1 Å². The Hall–Kier alpha value is -1.75. The number of carboxylic acids is 1. The van der Waals surface area contributed by atoms with E-state index in [9.17, 15) is 14.7 Å². The fourth-order valence-electron chi connectivity index (χ4n) is 1.51. The van der Waals surface area contributed by atoms with E-state index in [1.54, 1.807) is 0 Å². The van der Waals surface area contributed by atoms with E-state index in [0.29, 0.717) is 5.56 Å². The van der Waals surface area contributed by atoms with Crippen molar-refractivity contribution in [3.05, 3.63) is 22.7 Å². The van der Waals surface area contributed by atoms with Crippen LogP contribution in [-0.4, -0.2) is 22.2 Å². The number of ether oxygens (including phenoxy) is 1. The number of phenols is 1. The highest BCUT2D eigenvalue weighted by Crippen LogP contribution is 2.36. The van der Waals surface area contributed by atoms with Crippen LogP contribution in [0.25, 0.3) is 0 Å². The third-order valence-electron chi connectivity index (χ3n) is 2.35. The van der Waals surface area contributed by atoms with Crippen molar-refractivity contribution in [3.63, 3.8) is 0 Å². The summed E-state index contributed by atoms with van der Waals surface area (Å²) in [5, 5.41) is 18.2. The number of carboxylic acid groups (broad SMARTS) is 1. The molecule has 0 bridgehead atoms. The number of esters is 1. The normalized spacial score (nSPS) is 18.8. The van der Waals surface area contributed by atoms with Crippen LogP contribution in [0.2, 0.25) is 5.02 Å². The van der Waals surface area contributed by atoms with Crippen LogP contribution >= 0.6 is 11.6 Å². The molecule has 1 atom stereocenters. The maximum atomic E-state index is 11.3. The average Bonchev–Trinajstić information content (AvgIpc) is 2.19. The number of aliphatic carboxylic acids is 1. The van der Waals surface area contributed by atoms with Crippen LogP contribution in [0.4, 0.5) is 0 Å². The summed E-state index contributed by atoms with van der Waals surface area (Å²) in [6, 6.07) is 2.60. The summed E-state index contributed by atoms with van der Waals surface area (Å²) in [5.41, 5.74) is 0.495. The number of carbonyl (C=O) groups excluding carboxylic acids is 1. The highest BCUT2D eigenvalue weighted by atomic mass is 35.5. The van der Waals surface area contributed by atoms with Gasteiger partial charge < -0.3 is 14.9 Å². The summed E-state index contributed by atoms with van der Waals surface area (Å²) in [6.45, 7) is 0. The first-order chi connectivity index (χ1) is 7.49. The van der Waals surface area contributed by atoms with Crippen LogP contribution < -0.4 is 4.74 Å². The SMILES string of the molecule is O=C(O)C1Cc2cc(Cl)c(O)cc2OC1=O. The van der Waals surface area contributed by atoms with Gasteiger partial charge in [-0.25, -0.2) is 0 Å². The Morgan fingerprint density at radius 2 is 2.19 bits per heavy atom. The summed E-state index contributed by atoms with van der Waals surface area (Å²) >= 11 is 5.67. The Bertz CT molecular complexity index is 482. The van der Waals surface area contributed by atoms with E-state index >= 15 is 0 Å². The van der Waals surface area contributed by atoms with Gasteiger partial charge in [0.05, 0.1) is 5.02 Å². The molecule has 1 aliphatic heterocycles. The number of rotatable bonds is 1. The Kier molecular flexibility index (Phi) is 2.47. The molecule has 0 saturated carbocycles. The predicted octanol–water partition coefficient (Wildman–Crippen LogP) is 1.21. The summed E-state index contributed by atoms with van der Waals surface area (Å²) in [7, 11) is 0. The van der Waals surface area contributed by atoms with Crippen molar-refractivity contribution in [1.29, 1.82) is 0 Å². The average molecular weight is 243 g/mol. The van der Waals surface area contributed by atoms with Crippen LogP contribution in [-0.2, 0) is 16.0 Å². The van der Waals surface area contributed by atoms with Crippen molar-refractivity contribution < 1.29 is 24.5 Å². The van der Waals surface area contributed by atoms with Crippen molar-refractivity contribution in [3.8, 4) is 11.5 Å². The van der Waals surface area contributed by atoms with E-state index < -0.39 is 17.9 Å². The number of carbonyl (C=O) groups is 2. The van der Waals surface area contributed by atoms with Crippen LogP contribution in [0.1, 0.15) is 5.56 Å². The smallest absolute Gasteiger partial charge is 0.326 e. The molecule has 0 spiro atoms. The Balaban J connectivity index is 2.43. The maximum absolute atomic E-state index is 11.3. The van der Waals surface area contributed by atoms with Gasteiger partial charge in [-0.05, 0) is 11.6 Å². The van der Waals surface area contributed by atoms with E-state index in [0.717, 1.165) is 0 Å². The fourth-order valence-corrected chi connectivity index (χ4v) is 1.70. The second-order valence-electron chi connectivity index (χ2n) is 3.43. The molecule has 6 heteroatoms. The second-order valence-corrected chi connectivity index (χ2v) is 3.83. The first-order valence-corrected chi connectivity index (χ1v) is 4.82. The highest BCUT2D eigenvalue weighted by molar-refractivity contribution is 6.32. The lowest BCUT2D eigenvalue weighted by Crippen LogP contribution is -2.33. The third kappa shape index (κ3) is 1.69. The van der Waals surface area contributed by atoms with Gasteiger partial charge in [0, 0.05) is 12.5 Å². The van der Waals surface area contributed by atoms with Crippen LogP contribution in [0.5, 0.6) is 11.5 Å². The molecule has 2 rings (SSSR count). The molecular weight excluding hydrogens is 236 g/mol. The van der Waals surface area contributed by atoms with E-state index in [-0.39, 0.29) is 22.9 Å². The van der Waals surface area contributed by atoms with E-state index in [1.165, 1.54) is 12.1 Å². The molecule has 16 heavy (non-hydrogen) atoms. The molecule has 0 saturated heterocycles. The van der Waals surface area contributed by atoms with Crippen LogP contribution in [0.3, 0.4) is 0 Å². The molecule has 0 aliphatic carbocycles. The largest absolute Gasteiger partial charge is 0.506 e. The molecule has 0 aromatic heterocycles. The van der Waals surface area contributed by atoms with Crippen molar-refractivity contribution in [2.75, 3.05) is 0 Å². The molecule has 1 aromatic rings. The van der Waals surface area contributed by atoms with Crippen molar-refractivity contribution >= 4 is 23.5 Å². The topological polar surface area (TPSA) is 83.8 Å². The highest BCUT2D eigenvalue weighted by Gasteiger charge is 2.34. The summed E-state index contributed by atoms with van der Waals surface area (Å²) in [6.07, 6.45) is 0.0174. The number of aromatic hydroxyl groups is 1. The molecule has 1 aliphatic rings. The van der Waals surface area contributed by atoms with E-state index in [1.807, 2.05) is 0 Å². The zero-order valence-corrected chi connectivity index (χ0v) is 8.69. The molecule has 5 nitrogen and oxygen atoms in total. The second kappa shape index (κ2) is 3.68. The molecule has 84 valence electrons. The lowest BCUT2D eigenvalue weighted by molar-refractivity contribution is -0.153. The summed E-state index contributed by atoms with van der Waals surface area (Å²) in [4.78, 5) is 22.0. The molecule has 0 fully saturated rings. The van der Waals surface area contributed by atoms with E-state index in [2.05, 4.69) is 0 Å². The molecule has 2 N–H and O–H groups in total. The van der Waals surface area contributed by atoms with E-state index in [4.69, 9.17) is 21.4 Å². The lowest BCUT2D eigenvalue weighted by atomic mass is 9.96. The first-order valence-electron chi connectivity index (χ1n) is 4.45. The first kappa shape index (κ1) is 10.8. The molecule has 1 aromatic carbocycles. The third-order valence-corrected chi connectivity index (χ3v) is 2.65. The van der Waals surface area contributed by atoms with Crippen molar-refractivity contribution in [2.24, 2.45) is 5.92 Å². The standard InChI is InChI=1S/C10H7ClO5/c11-6-2-4-1-5(9(13)14)10(15)16-8(4)3-7(6)12/h2-3,5,12H,1H2,(H,13,14). The van der Waals surface area contributed by atoms with Gasteiger partial charge in [0.1, 0.15) is 11.5 Å².